The molecular weight excluding hydrogens is 271 g/mol. The van der Waals surface area contributed by atoms with E-state index in [1.54, 1.807) is 17.0 Å². The highest BCUT2D eigenvalue weighted by atomic mass is 19.1. The van der Waals surface area contributed by atoms with Gasteiger partial charge in [0.2, 0.25) is 0 Å². The molecule has 0 atom stereocenters. The van der Waals surface area contributed by atoms with Gasteiger partial charge in [0.05, 0.1) is 6.61 Å². The second-order valence-electron chi connectivity index (χ2n) is 4.93. The van der Waals surface area contributed by atoms with Crippen molar-refractivity contribution >= 4 is 6.03 Å². The van der Waals surface area contributed by atoms with E-state index in [0.717, 1.165) is 25.9 Å². The molecule has 0 unspecified atom stereocenters. The third-order valence-corrected chi connectivity index (χ3v) is 3.34. The molecule has 5 heteroatoms. The number of halogens is 1. The largest absolute Gasteiger partial charge is 0.395 e. The molecule has 0 aliphatic carbocycles. The van der Waals surface area contributed by atoms with Gasteiger partial charge in [-0.25, -0.2) is 9.18 Å². The third kappa shape index (κ3) is 4.47. The van der Waals surface area contributed by atoms with Gasteiger partial charge in [0.15, 0.2) is 0 Å². The zero-order valence-corrected chi connectivity index (χ0v) is 11.9. The fourth-order valence-electron chi connectivity index (χ4n) is 2.21. The molecule has 1 aliphatic rings. The predicted molar refractivity (Wildman–Crippen MR) is 78.0 cm³/mol. The first-order valence-electron chi connectivity index (χ1n) is 7.11. The van der Waals surface area contributed by atoms with E-state index in [9.17, 15) is 9.18 Å². The Morgan fingerprint density at radius 2 is 2.14 bits per heavy atom. The average molecular weight is 290 g/mol. The van der Waals surface area contributed by atoms with Crippen molar-refractivity contribution in [3.05, 3.63) is 35.1 Å². The van der Waals surface area contributed by atoms with E-state index in [1.807, 2.05) is 0 Å². The Kier molecular flexibility index (Phi) is 5.59. The van der Waals surface area contributed by atoms with Gasteiger partial charge in [-0.05, 0) is 31.0 Å². The standard InChI is InChI=1S/C16H19FN2O2/c17-15-7-6-13(5-1-4-10-20)11-14(15)12-18-16(21)19-8-2-3-9-19/h6-7,11,20H,2-4,8-10,12H2,(H,18,21). The Morgan fingerprint density at radius 3 is 2.86 bits per heavy atom. The number of hydrogen-bond donors (Lipinski definition) is 2. The number of rotatable bonds is 3. The van der Waals surface area contributed by atoms with Crippen LogP contribution in [0.2, 0.25) is 0 Å². The molecule has 2 amide bonds. The molecular formula is C16H19FN2O2. The maximum Gasteiger partial charge on any atom is 0.317 e. The molecule has 1 saturated heterocycles. The molecule has 2 rings (SSSR count). The highest BCUT2D eigenvalue weighted by Crippen LogP contribution is 2.11. The Hall–Kier alpha value is -2.06. The molecule has 1 fully saturated rings. The molecule has 1 heterocycles. The Morgan fingerprint density at radius 1 is 1.38 bits per heavy atom. The predicted octanol–water partition coefficient (Wildman–Crippen LogP) is 1.87. The minimum absolute atomic E-state index is 0.00689. The van der Waals surface area contributed by atoms with E-state index >= 15 is 0 Å². The first-order chi connectivity index (χ1) is 10.2. The average Bonchev–Trinajstić information content (AvgIpc) is 3.02. The number of amides is 2. The van der Waals surface area contributed by atoms with Gasteiger partial charge in [-0.2, -0.15) is 0 Å². The van der Waals surface area contributed by atoms with Crippen LogP contribution in [0.5, 0.6) is 0 Å². The second-order valence-corrected chi connectivity index (χ2v) is 4.93. The van der Waals surface area contributed by atoms with Gasteiger partial charge in [-0.15, -0.1) is 0 Å². The van der Waals surface area contributed by atoms with Crippen molar-refractivity contribution in [3.63, 3.8) is 0 Å². The van der Waals surface area contributed by atoms with E-state index in [0.29, 0.717) is 17.5 Å². The SMILES string of the molecule is O=C(NCc1cc(C#CCCO)ccc1F)N1CCCC1. The van der Waals surface area contributed by atoms with Crippen LogP contribution in [0.25, 0.3) is 0 Å². The van der Waals surface area contributed by atoms with E-state index in [2.05, 4.69) is 17.2 Å². The van der Waals surface area contributed by atoms with Crippen LogP contribution in [0.15, 0.2) is 18.2 Å². The molecule has 0 aromatic heterocycles. The second kappa shape index (κ2) is 7.65. The Bertz CT molecular complexity index is 557. The van der Waals surface area contributed by atoms with Crippen molar-refractivity contribution in [2.75, 3.05) is 19.7 Å². The maximum absolute atomic E-state index is 13.7. The topological polar surface area (TPSA) is 52.6 Å². The van der Waals surface area contributed by atoms with Crippen LogP contribution in [0.3, 0.4) is 0 Å². The molecule has 112 valence electrons. The van der Waals surface area contributed by atoms with Gasteiger partial charge in [0.25, 0.3) is 0 Å². The van der Waals surface area contributed by atoms with Gasteiger partial charge in [-0.3, -0.25) is 0 Å². The molecule has 1 aromatic carbocycles. The lowest BCUT2D eigenvalue weighted by molar-refractivity contribution is 0.208. The van der Waals surface area contributed by atoms with Gasteiger partial charge in [-0.1, -0.05) is 11.8 Å². The lowest BCUT2D eigenvalue weighted by atomic mass is 10.1. The lowest BCUT2D eigenvalue weighted by Gasteiger charge is -2.16. The highest BCUT2D eigenvalue weighted by Gasteiger charge is 2.17. The van der Waals surface area contributed by atoms with E-state index < -0.39 is 0 Å². The Balaban J connectivity index is 1.97. The number of urea groups is 1. The van der Waals surface area contributed by atoms with Crippen molar-refractivity contribution in [3.8, 4) is 11.8 Å². The van der Waals surface area contributed by atoms with Crippen LogP contribution < -0.4 is 5.32 Å². The van der Waals surface area contributed by atoms with E-state index in [4.69, 9.17) is 5.11 Å². The van der Waals surface area contributed by atoms with Crippen molar-refractivity contribution in [2.45, 2.75) is 25.8 Å². The number of nitrogens with zero attached hydrogens (tertiary/aromatic N) is 1. The van der Waals surface area contributed by atoms with Gasteiger partial charge in [0.1, 0.15) is 5.82 Å². The van der Waals surface area contributed by atoms with Crippen molar-refractivity contribution in [1.29, 1.82) is 0 Å². The highest BCUT2D eigenvalue weighted by molar-refractivity contribution is 5.74. The molecule has 0 radical (unpaired) electrons. The van der Waals surface area contributed by atoms with Gasteiger partial charge < -0.3 is 15.3 Å². The van der Waals surface area contributed by atoms with Crippen LogP contribution >= 0.6 is 0 Å². The van der Waals surface area contributed by atoms with Crippen LogP contribution in [0.4, 0.5) is 9.18 Å². The molecule has 4 nitrogen and oxygen atoms in total. The summed E-state index contributed by atoms with van der Waals surface area (Å²) in [6.07, 6.45) is 2.44. The number of carbonyl (C=O) groups excluding carboxylic acids is 1. The molecule has 2 N–H and O–H groups in total. The number of likely N-dealkylation sites (tertiary alicyclic amines) is 1. The fourth-order valence-corrected chi connectivity index (χ4v) is 2.21. The fraction of sp³-hybridized carbons (Fsp3) is 0.438. The first-order valence-corrected chi connectivity index (χ1v) is 7.11. The first kappa shape index (κ1) is 15.3. The molecule has 1 aromatic rings. The molecule has 0 bridgehead atoms. The molecule has 21 heavy (non-hydrogen) atoms. The van der Waals surface area contributed by atoms with Crippen LogP contribution in [0.1, 0.15) is 30.4 Å². The smallest absolute Gasteiger partial charge is 0.317 e. The van der Waals surface area contributed by atoms with Crippen LogP contribution in [0, 0.1) is 17.7 Å². The Labute approximate surface area is 124 Å². The van der Waals surface area contributed by atoms with Crippen molar-refractivity contribution in [1.82, 2.24) is 10.2 Å². The summed E-state index contributed by atoms with van der Waals surface area (Å²) >= 11 is 0. The quantitative estimate of drug-likeness (QED) is 0.835. The monoisotopic (exact) mass is 290 g/mol. The number of aliphatic hydroxyl groups is 1. The number of carbonyl (C=O) groups is 1. The van der Waals surface area contributed by atoms with Gasteiger partial charge >= 0.3 is 6.03 Å². The van der Waals surface area contributed by atoms with Crippen molar-refractivity contribution in [2.24, 2.45) is 0 Å². The number of benzene rings is 1. The zero-order chi connectivity index (χ0) is 15.1. The summed E-state index contributed by atoms with van der Waals surface area (Å²) in [7, 11) is 0. The van der Waals surface area contributed by atoms with Crippen LogP contribution in [-0.4, -0.2) is 35.7 Å². The van der Waals surface area contributed by atoms with Crippen LogP contribution in [-0.2, 0) is 6.54 Å². The number of hydrogen-bond acceptors (Lipinski definition) is 2. The minimum atomic E-state index is -0.357. The summed E-state index contributed by atoms with van der Waals surface area (Å²) in [5.74, 6) is 5.29. The summed E-state index contributed by atoms with van der Waals surface area (Å²) in [4.78, 5) is 13.6. The minimum Gasteiger partial charge on any atom is -0.395 e. The lowest BCUT2D eigenvalue weighted by Crippen LogP contribution is -2.37. The summed E-state index contributed by atoms with van der Waals surface area (Å²) in [6, 6.07) is 4.42. The summed E-state index contributed by atoms with van der Waals surface area (Å²) in [6.45, 7) is 1.69. The summed E-state index contributed by atoms with van der Waals surface area (Å²) in [5, 5.41) is 11.4. The number of nitrogens with one attached hydrogen (secondary N) is 1. The van der Waals surface area contributed by atoms with E-state index in [1.165, 1.54) is 6.07 Å². The summed E-state index contributed by atoms with van der Waals surface area (Å²) < 4.78 is 13.7. The van der Waals surface area contributed by atoms with E-state index in [-0.39, 0.29) is 25.0 Å². The maximum atomic E-state index is 13.7. The summed E-state index contributed by atoms with van der Waals surface area (Å²) in [5.41, 5.74) is 1.09. The molecule has 0 saturated carbocycles. The molecule has 1 aliphatic heterocycles. The third-order valence-electron chi connectivity index (χ3n) is 3.34. The number of aliphatic hydroxyl groups excluding tert-OH is 1. The van der Waals surface area contributed by atoms with Gasteiger partial charge in [0, 0.05) is 37.2 Å². The molecule has 0 spiro atoms. The normalized spacial score (nSPS) is 13.7. The zero-order valence-electron chi connectivity index (χ0n) is 11.9. The van der Waals surface area contributed by atoms with Crippen molar-refractivity contribution < 1.29 is 14.3 Å².